The molecule has 1 saturated heterocycles. The van der Waals surface area contributed by atoms with Gasteiger partial charge in [-0.3, -0.25) is 0 Å². The smallest absolute Gasteiger partial charge is 0.416 e. The minimum atomic E-state index is -4.39. The minimum absolute atomic E-state index is 0.112. The van der Waals surface area contributed by atoms with Gasteiger partial charge in [-0.15, -0.1) is 0 Å². The number of ether oxygens (including phenoxy) is 1. The lowest BCUT2D eigenvalue weighted by atomic mass is 10.1. The molecule has 134 valence electrons. The van der Waals surface area contributed by atoms with Crippen molar-refractivity contribution in [3.05, 3.63) is 46.0 Å². The molecule has 0 aliphatic carbocycles. The molecule has 0 bridgehead atoms. The van der Waals surface area contributed by atoms with E-state index in [0.29, 0.717) is 42.7 Å². The summed E-state index contributed by atoms with van der Waals surface area (Å²) in [6.45, 7) is 2.37. The van der Waals surface area contributed by atoms with E-state index in [0.717, 1.165) is 23.5 Å². The Kier molecular flexibility index (Phi) is 4.96. The van der Waals surface area contributed by atoms with Gasteiger partial charge in [-0.1, -0.05) is 23.5 Å². The predicted octanol–water partition coefficient (Wildman–Crippen LogP) is 3.29. The third-order valence-electron chi connectivity index (χ3n) is 3.81. The van der Waals surface area contributed by atoms with Crippen LogP contribution in [-0.4, -0.2) is 42.4 Å². The van der Waals surface area contributed by atoms with E-state index in [1.165, 1.54) is 12.1 Å². The van der Waals surface area contributed by atoms with Gasteiger partial charge >= 0.3 is 12.1 Å². The number of hydrogen-bond acceptors (Lipinski definition) is 5. The SMILES string of the molecule is O=C(O)c1sc(N2CCOCC2)nc1Cc1ccc(C(F)(F)F)cc1. The van der Waals surface area contributed by atoms with Crippen LogP contribution in [0.3, 0.4) is 0 Å². The number of halogens is 3. The second-order valence-corrected chi connectivity index (χ2v) is 6.53. The molecule has 3 rings (SSSR count). The van der Waals surface area contributed by atoms with Crippen molar-refractivity contribution in [2.24, 2.45) is 0 Å². The first-order valence-corrected chi connectivity index (χ1v) is 8.38. The number of benzene rings is 1. The normalized spacial score (nSPS) is 15.4. The van der Waals surface area contributed by atoms with Crippen LogP contribution >= 0.6 is 11.3 Å². The Labute approximate surface area is 145 Å². The highest BCUT2D eigenvalue weighted by molar-refractivity contribution is 7.17. The molecule has 1 N–H and O–H groups in total. The largest absolute Gasteiger partial charge is 0.477 e. The zero-order valence-electron chi connectivity index (χ0n) is 13.0. The average molecular weight is 372 g/mol. The molecule has 2 heterocycles. The number of nitrogens with zero attached hydrogens (tertiary/aromatic N) is 2. The van der Waals surface area contributed by atoms with Crippen LogP contribution in [0.15, 0.2) is 24.3 Å². The zero-order chi connectivity index (χ0) is 18.0. The van der Waals surface area contributed by atoms with Crippen LogP contribution in [0.2, 0.25) is 0 Å². The van der Waals surface area contributed by atoms with Gasteiger partial charge in [-0.05, 0) is 17.7 Å². The molecule has 5 nitrogen and oxygen atoms in total. The standard InChI is InChI=1S/C16H15F3N2O3S/c17-16(18,19)11-3-1-10(2-4-11)9-12-13(14(22)23)25-15(20-12)21-5-7-24-8-6-21/h1-4H,5-9H2,(H,22,23). The summed E-state index contributed by atoms with van der Waals surface area (Å²) in [5.74, 6) is -1.08. The Hall–Kier alpha value is -2.13. The van der Waals surface area contributed by atoms with Gasteiger partial charge in [0.25, 0.3) is 0 Å². The van der Waals surface area contributed by atoms with Crippen molar-refractivity contribution in [1.82, 2.24) is 4.98 Å². The predicted molar refractivity (Wildman–Crippen MR) is 86.4 cm³/mol. The van der Waals surface area contributed by atoms with Gasteiger partial charge in [0.1, 0.15) is 4.88 Å². The summed E-state index contributed by atoms with van der Waals surface area (Å²) in [5, 5.41) is 9.98. The molecule has 1 aromatic heterocycles. The monoisotopic (exact) mass is 372 g/mol. The maximum Gasteiger partial charge on any atom is 0.416 e. The van der Waals surface area contributed by atoms with Crippen LogP contribution < -0.4 is 4.90 Å². The first kappa shape index (κ1) is 17.7. The quantitative estimate of drug-likeness (QED) is 0.892. The lowest BCUT2D eigenvalue weighted by Crippen LogP contribution is -2.36. The third kappa shape index (κ3) is 4.10. The molecule has 0 saturated carbocycles. The van der Waals surface area contributed by atoms with Crippen molar-refractivity contribution < 1.29 is 27.8 Å². The van der Waals surface area contributed by atoms with Crippen molar-refractivity contribution in [3.8, 4) is 0 Å². The van der Waals surface area contributed by atoms with Gasteiger partial charge in [-0.25, -0.2) is 9.78 Å². The van der Waals surface area contributed by atoms with E-state index in [1.54, 1.807) is 0 Å². The molecular weight excluding hydrogens is 357 g/mol. The Morgan fingerprint density at radius 3 is 2.44 bits per heavy atom. The van der Waals surface area contributed by atoms with Crippen molar-refractivity contribution >= 4 is 22.4 Å². The number of carboxylic acids is 1. The second kappa shape index (κ2) is 7.01. The summed E-state index contributed by atoms with van der Waals surface area (Å²) in [6, 6.07) is 4.68. The van der Waals surface area contributed by atoms with Crippen molar-refractivity contribution in [3.63, 3.8) is 0 Å². The number of aromatic carboxylic acids is 1. The summed E-state index contributed by atoms with van der Waals surface area (Å²) in [6.07, 6.45) is -4.23. The molecule has 0 unspecified atom stereocenters. The van der Waals surface area contributed by atoms with E-state index in [-0.39, 0.29) is 11.3 Å². The fourth-order valence-corrected chi connectivity index (χ4v) is 3.49. The number of hydrogen-bond donors (Lipinski definition) is 1. The van der Waals surface area contributed by atoms with Crippen molar-refractivity contribution in [2.45, 2.75) is 12.6 Å². The van der Waals surface area contributed by atoms with Crippen LogP contribution in [0, 0.1) is 0 Å². The molecule has 0 amide bonds. The summed E-state index contributed by atoms with van der Waals surface area (Å²) in [4.78, 5) is 17.9. The summed E-state index contributed by atoms with van der Waals surface area (Å²) >= 11 is 1.08. The number of carbonyl (C=O) groups is 1. The Morgan fingerprint density at radius 2 is 1.88 bits per heavy atom. The first-order valence-electron chi connectivity index (χ1n) is 7.56. The Morgan fingerprint density at radius 1 is 1.24 bits per heavy atom. The highest BCUT2D eigenvalue weighted by Gasteiger charge is 2.30. The number of alkyl halides is 3. The van der Waals surface area contributed by atoms with E-state index in [2.05, 4.69) is 4.98 Å². The van der Waals surface area contributed by atoms with Gasteiger partial charge in [0.2, 0.25) is 0 Å². The van der Waals surface area contributed by atoms with Crippen LogP contribution in [0.1, 0.15) is 26.5 Å². The third-order valence-corrected chi connectivity index (χ3v) is 4.96. The number of aromatic nitrogens is 1. The number of anilines is 1. The highest BCUT2D eigenvalue weighted by Crippen LogP contribution is 2.31. The van der Waals surface area contributed by atoms with Crippen LogP contribution in [0.5, 0.6) is 0 Å². The number of thiazole rings is 1. The van der Waals surface area contributed by atoms with Crippen molar-refractivity contribution in [1.29, 1.82) is 0 Å². The lowest BCUT2D eigenvalue weighted by Gasteiger charge is -2.26. The minimum Gasteiger partial charge on any atom is -0.477 e. The molecule has 0 radical (unpaired) electrons. The molecule has 0 atom stereocenters. The molecule has 1 fully saturated rings. The van der Waals surface area contributed by atoms with E-state index >= 15 is 0 Å². The first-order chi connectivity index (χ1) is 11.8. The molecular formula is C16H15F3N2O3S. The molecule has 1 aliphatic rings. The molecule has 0 spiro atoms. The lowest BCUT2D eigenvalue weighted by molar-refractivity contribution is -0.137. The number of rotatable bonds is 4. The fraction of sp³-hybridized carbons (Fsp3) is 0.375. The molecule has 9 heteroatoms. The fourth-order valence-electron chi connectivity index (χ4n) is 2.52. The van der Waals surface area contributed by atoms with E-state index < -0.39 is 17.7 Å². The van der Waals surface area contributed by atoms with Crippen LogP contribution in [0.25, 0.3) is 0 Å². The second-order valence-electron chi connectivity index (χ2n) is 5.55. The van der Waals surface area contributed by atoms with Crippen LogP contribution in [-0.2, 0) is 17.3 Å². The molecule has 1 aromatic carbocycles. The summed E-state index contributed by atoms with van der Waals surface area (Å²) in [5.41, 5.74) is 0.204. The molecule has 2 aromatic rings. The topological polar surface area (TPSA) is 62.7 Å². The summed E-state index contributed by atoms with van der Waals surface area (Å²) in [7, 11) is 0. The van der Waals surface area contributed by atoms with Gasteiger partial charge in [0, 0.05) is 19.5 Å². The van der Waals surface area contributed by atoms with Gasteiger partial charge in [0.15, 0.2) is 5.13 Å². The van der Waals surface area contributed by atoms with E-state index in [4.69, 9.17) is 4.74 Å². The van der Waals surface area contributed by atoms with Gasteiger partial charge < -0.3 is 14.7 Å². The maximum absolute atomic E-state index is 12.6. The number of carboxylic acid groups (broad SMARTS) is 1. The maximum atomic E-state index is 12.6. The molecule has 25 heavy (non-hydrogen) atoms. The van der Waals surface area contributed by atoms with E-state index in [9.17, 15) is 23.1 Å². The van der Waals surface area contributed by atoms with Gasteiger partial charge in [-0.2, -0.15) is 13.2 Å². The zero-order valence-corrected chi connectivity index (χ0v) is 13.9. The summed E-state index contributed by atoms with van der Waals surface area (Å²) < 4.78 is 43.1. The van der Waals surface area contributed by atoms with E-state index in [1.807, 2.05) is 4.90 Å². The number of morpholine rings is 1. The highest BCUT2D eigenvalue weighted by atomic mass is 32.1. The molecule has 1 aliphatic heterocycles. The average Bonchev–Trinajstić information content (AvgIpc) is 2.99. The van der Waals surface area contributed by atoms with Crippen LogP contribution in [0.4, 0.5) is 18.3 Å². The Bertz CT molecular complexity index is 753. The Balaban J connectivity index is 1.83. The van der Waals surface area contributed by atoms with Gasteiger partial charge in [0.05, 0.1) is 24.5 Å². The van der Waals surface area contributed by atoms with Crippen molar-refractivity contribution in [2.75, 3.05) is 31.2 Å².